The molecule has 1 N–H and O–H groups in total. The first kappa shape index (κ1) is 8.21. The lowest BCUT2D eigenvalue weighted by Crippen LogP contribution is -2.06. The predicted molar refractivity (Wildman–Crippen MR) is 58.2 cm³/mol. The minimum Gasteiger partial charge on any atom is -0.491 e. The number of aromatic nitrogens is 1. The molecule has 0 saturated heterocycles. The molecular weight excluding hydrogens is 204 g/mol. The molecule has 16 heavy (non-hydrogen) atoms. The maximum absolute atomic E-state index is 5.67. The summed E-state index contributed by atoms with van der Waals surface area (Å²) in [5.41, 5.74) is 4.54. The highest BCUT2D eigenvalue weighted by Gasteiger charge is 2.25. The normalized spacial score (nSPS) is 15.8. The maximum Gasteiger partial charge on any atom is 0.164 e. The van der Waals surface area contributed by atoms with Crippen molar-refractivity contribution in [2.45, 2.75) is 12.8 Å². The van der Waals surface area contributed by atoms with Crippen LogP contribution in [0.25, 0.3) is 0 Å². The summed E-state index contributed by atoms with van der Waals surface area (Å²) in [4.78, 5) is 0. The van der Waals surface area contributed by atoms with E-state index < -0.39 is 0 Å². The minimum atomic E-state index is 0.782. The monoisotopic (exact) mass is 214 g/mol. The fourth-order valence-electron chi connectivity index (χ4n) is 2.38. The number of fused-ring (bicyclic) bond motifs is 4. The molecule has 80 valence electrons. The summed E-state index contributed by atoms with van der Waals surface area (Å²) in [5.74, 6) is 1.90. The van der Waals surface area contributed by atoms with Gasteiger partial charge in [-0.25, -0.2) is 0 Å². The second-order valence-corrected chi connectivity index (χ2v) is 4.15. The Morgan fingerprint density at radius 2 is 2.19 bits per heavy atom. The number of nitrogens with one attached hydrogen (secondary N) is 1. The van der Waals surface area contributed by atoms with Crippen LogP contribution >= 0.6 is 0 Å². The Kier molecular flexibility index (Phi) is 1.43. The summed E-state index contributed by atoms with van der Waals surface area (Å²) >= 11 is 0. The van der Waals surface area contributed by atoms with Crippen molar-refractivity contribution in [2.24, 2.45) is 0 Å². The molecule has 4 heteroatoms. The van der Waals surface area contributed by atoms with E-state index in [1.807, 2.05) is 0 Å². The summed E-state index contributed by atoms with van der Waals surface area (Å²) in [6.07, 6.45) is 3.50. The quantitative estimate of drug-likeness (QED) is 0.623. The summed E-state index contributed by atoms with van der Waals surface area (Å²) in [6.45, 7) is 0.782. The van der Waals surface area contributed by atoms with Gasteiger partial charge < -0.3 is 14.6 Å². The van der Waals surface area contributed by atoms with Gasteiger partial charge in [-0.3, -0.25) is 0 Å². The molecule has 4 rings (SSSR count). The Labute approximate surface area is 92.2 Å². The lowest BCUT2D eigenvalue weighted by molar-refractivity contribution is 0.357. The average molecular weight is 214 g/mol. The van der Waals surface area contributed by atoms with E-state index in [0.29, 0.717) is 0 Å². The zero-order valence-electron chi connectivity index (χ0n) is 8.62. The molecule has 2 aromatic rings. The van der Waals surface area contributed by atoms with E-state index in [0.717, 1.165) is 42.3 Å². The van der Waals surface area contributed by atoms with Gasteiger partial charge >= 0.3 is 0 Å². The average Bonchev–Trinajstić information content (AvgIpc) is 2.94. The van der Waals surface area contributed by atoms with Crippen molar-refractivity contribution < 1.29 is 9.26 Å². The lowest BCUT2D eigenvalue weighted by atomic mass is 10.00. The number of hydrogen-bond acceptors (Lipinski definition) is 4. The van der Waals surface area contributed by atoms with E-state index in [2.05, 4.69) is 22.6 Å². The van der Waals surface area contributed by atoms with Gasteiger partial charge in [-0.05, 0) is 11.1 Å². The second-order valence-electron chi connectivity index (χ2n) is 4.15. The van der Waals surface area contributed by atoms with E-state index in [4.69, 9.17) is 9.26 Å². The van der Waals surface area contributed by atoms with Crippen LogP contribution in [0.15, 0.2) is 22.9 Å². The molecule has 0 saturated carbocycles. The van der Waals surface area contributed by atoms with Crippen LogP contribution in [-0.2, 0) is 12.8 Å². The standard InChI is InChI=1S/C12H10N2O2/c1-2-8-5-10-9(6-13-16-10)14-11(8)12-7(1)3-4-15-12/h1-2,6,14H,3-5H2. The first-order valence-electron chi connectivity index (χ1n) is 5.40. The number of anilines is 2. The van der Waals surface area contributed by atoms with Gasteiger partial charge in [-0.15, -0.1) is 0 Å². The van der Waals surface area contributed by atoms with Gasteiger partial charge in [0.15, 0.2) is 5.76 Å². The van der Waals surface area contributed by atoms with Gasteiger partial charge in [0.25, 0.3) is 0 Å². The van der Waals surface area contributed by atoms with Crippen LogP contribution in [0.1, 0.15) is 16.9 Å². The predicted octanol–water partition coefficient (Wildman–Crippen LogP) is 2.26. The highest BCUT2D eigenvalue weighted by Crippen LogP contribution is 2.42. The van der Waals surface area contributed by atoms with E-state index in [-0.39, 0.29) is 0 Å². The van der Waals surface area contributed by atoms with Gasteiger partial charge in [0.2, 0.25) is 0 Å². The SMILES string of the molecule is c1cc2c(c3c1Cc1oncc1N3)OCC2. The highest BCUT2D eigenvalue weighted by atomic mass is 16.5. The third kappa shape index (κ3) is 0.961. The van der Waals surface area contributed by atoms with Crippen LogP contribution in [-0.4, -0.2) is 11.8 Å². The number of benzene rings is 1. The van der Waals surface area contributed by atoms with Crippen molar-refractivity contribution in [3.8, 4) is 5.75 Å². The van der Waals surface area contributed by atoms with E-state index >= 15 is 0 Å². The van der Waals surface area contributed by atoms with Crippen molar-refractivity contribution in [3.63, 3.8) is 0 Å². The maximum atomic E-state index is 5.67. The Hall–Kier alpha value is -1.97. The minimum absolute atomic E-state index is 0.782. The third-order valence-corrected chi connectivity index (χ3v) is 3.20. The molecule has 0 atom stereocenters. The van der Waals surface area contributed by atoms with Crippen molar-refractivity contribution in [2.75, 3.05) is 11.9 Å². The summed E-state index contributed by atoms with van der Waals surface area (Å²) in [7, 11) is 0. The molecule has 4 nitrogen and oxygen atoms in total. The fraction of sp³-hybridized carbons (Fsp3) is 0.250. The molecule has 1 aromatic carbocycles. The summed E-state index contributed by atoms with van der Waals surface area (Å²) < 4.78 is 10.9. The number of nitrogens with zero attached hydrogens (tertiary/aromatic N) is 1. The van der Waals surface area contributed by atoms with E-state index in [1.54, 1.807) is 6.20 Å². The van der Waals surface area contributed by atoms with Crippen LogP contribution in [0.5, 0.6) is 5.75 Å². The Balaban J connectivity index is 1.91. The number of hydrogen-bond donors (Lipinski definition) is 1. The largest absolute Gasteiger partial charge is 0.491 e. The molecule has 3 heterocycles. The van der Waals surface area contributed by atoms with Crippen molar-refractivity contribution in [1.29, 1.82) is 0 Å². The lowest BCUT2D eigenvalue weighted by Gasteiger charge is -2.18. The Morgan fingerprint density at radius 3 is 3.19 bits per heavy atom. The molecule has 2 aliphatic rings. The molecule has 0 radical (unpaired) electrons. The molecule has 0 amide bonds. The molecule has 0 aliphatic carbocycles. The molecule has 2 aliphatic heterocycles. The van der Waals surface area contributed by atoms with Gasteiger partial charge in [0, 0.05) is 12.8 Å². The van der Waals surface area contributed by atoms with Crippen molar-refractivity contribution in [3.05, 3.63) is 35.2 Å². The summed E-state index contributed by atoms with van der Waals surface area (Å²) in [5, 5.41) is 7.14. The first-order chi connectivity index (χ1) is 7.92. The molecule has 0 unspecified atom stereocenters. The van der Waals surface area contributed by atoms with Gasteiger partial charge in [-0.1, -0.05) is 17.3 Å². The van der Waals surface area contributed by atoms with Crippen molar-refractivity contribution >= 4 is 11.4 Å². The third-order valence-electron chi connectivity index (χ3n) is 3.20. The van der Waals surface area contributed by atoms with Gasteiger partial charge in [0.05, 0.1) is 18.5 Å². The molecule has 1 aromatic heterocycles. The van der Waals surface area contributed by atoms with Gasteiger partial charge in [-0.2, -0.15) is 0 Å². The molecular formula is C12H10N2O2. The number of ether oxygens (including phenoxy) is 1. The highest BCUT2D eigenvalue weighted by molar-refractivity contribution is 5.76. The molecule has 0 bridgehead atoms. The van der Waals surface area contributed by atoms with E-state index in [1.165, 1.54) is 11.1 Å². The Morgan fingerprint density at radius 1 is 1.25 bits per heavy atom. The van der Waals surface area contributed by atoms with Crippen LogP contribution in [0.4, 0.5) is 11.4 Å². The fourth-order valence-corrected chi connectivity index (χ4v) is 2.38. The summed E-state index contributed by atoms with van der Waals surface area (Å²) in [6, 6.07) is 4.28. The molecule has 0 fully saturated rings. The smallest absolute Gasteiger partial charge is 0.164 e. The zero-order chi connectivity index (χ0) is 10.5. The van der Waals surface area contributed by atoms with Crippen LogP contribution in [0.3, 0.4) is 0 Å². The van der Waals surface area contributed by atoms with Gasteiger partial charge in [0.1, 0.15) is 11.4 Å². The van der Waals surface area contributed by atoms with Crippen molar-refractivity contribution in [1.82, 2.24) is 5.16 Å². The van der Waals surface area contributed by atoms with Crippen LogP contribution in [0.2, 0.25) is 0 Å². The molecule has 0 spiro atoms. The van der Waals surface area contributed by atoms with Crippen LogP contribution in [0, 0.1) is 0 Å². The number of rotatable bonds is 0. The second kappa shape index (κ2) is 2.78. The first-order valence-corrected chi connectivity index (χ1v) is 5.40. The van der Waals surface area contributed by atoms with E-state index in [9.17, 15) is 0 Å². The Bertz CT molecular complexity index is 574. The topological polar surface area (TPSA) is 47.3 Å². The zero-order valence-corrected chi connectivity index (χ0v) is 8.62. The van der Waals surface area contributed by atoms with Crippen LogP contribution < -0.4 is 10.1 Å².